The lowest BCUT2D eigenvalue weighted by Crippen LogP contribution is -2.16. The first-order chi connectivity index (χ1) is 8.66. The summed E-state index contributed by atoms with van der Waals surface area (Å²) in [7, 11) is 4.11. The Hall–Kier alpha value is -1.33. The van der Waals surface area contributed by atoms with E-state index in [9.17, 15) is 4.79 Å². The normalized spacial score (nSPS) is 11.3. The Balaban J connectivity index is 2.08. The quantitative estimate of drug-likeness (QED) is 0.766. The number of fused-ring (bicyclic) bond motifs is 1. The molecule has 0 spiro atoms. The van der Waals surface area contributed by atoms with Crippen molar-refractivity contribution in [3.05, 3.63) is 46.5 Å². The Morgan fingerprint density at radius 1 is 1.39 bits per heavy atom. The maximum Gasteiger partial charge on any atom is 0.258 e. The number of thioether (sulfide) groups is 1. The molecule has 0 saturated carbocycles. The Labute approximate surface area is 111 Å². The van der Waals surface area contributed by atoms with Gasteiger partial charge in [0.15, 0.2) is 0 Å². The van der Waals surface area contributed by atoms with E-state index in [-0.39, 0.29) is 5.56 Å². The largest absolute Gasteiger partial charge is 0.309 e. The van der Waals surface area contributed by atoms with Gasteiger partial charge in [0.25, 0.3) is 5.56 Å². The first kappa shape index (κ1) is 13.1. The maximum absolute atomic E-state index is 11.8. The zero-order chi connectivity index (χ0) is 13.0. The van der Waals surface area contributed by atoms with Crippen molar-refractivity contribution in [1.82, 2.24) is 14.3 Å². The van der Waals surface area contributed by atoms with Crippen LogP contribution in [0.5, 0.6) is 0 Å². The average molecular weight is 263 g/mol. The number of rotatable bonds is 5. The molecular formula is C13H17N3OS. The standard InChI is InChI=1S/C13H17N3OS/c1-15(2)7-8-18-10-11-9-13(17)16-6-4-3-5-12(16)14-11/h3-6,9H,7-8,10H2,1-2H3. The molecule has 0 atom stereocenters. The van der Waals surface area contributed by atoms with Gasteiger partial charge in [0.1, 0.15) is 5.65 Å². The summed E-state index contributed by atoms with van der Waals surface area (Å²) in [5, 5.41) is 0. The third kappa shape index (κ3) is 3.34. The molecule has 0 aliphatic carbocycles. The van der Waals surface area contributed by atoms with Gasteiger partial charge in [-0.15, -0.1) is 0 Å². The highest BCUT2D eigenvalue weighted by Gasteiger charge is 2.02. The third-order valence-electron chi connectivity index (χ3n) is 2.56. The molecule has 4 nitrogen and oxygen atoms in total. The van der Waals surface area contributed by atoms with Crippen LogP contribution in [0.4, 0.5) is 0 Å². The zero-order valence-corrected chi connectivity index (χ0v) is 11.5. The van der Waals surface area contributed by atoms with Gasteiger partial charge in [-0.05, 0) is 26.2 Å². The van der Waals surface area contributed by atoms with Gasteiger partial charge in [0.2, 0.25) is 0 Å². The molecule has 5 heteroatoms. The molecule has 0 N–H and O–H groups in total. The Bertz CT molecular complexity index is 580. The second-order valence-electron chi connectivity index (χ2n) is 4.37. The lowest BCUT2D eigenvalue weighted by molar-refractivity contribution is 0.437. The van der Waals surface area contributed by atoms with Gasteiger partial charge in [0, 0.05) is 30.3 Å². The number of pyridine rings is 1. The molecule has 2 aromatic heterocycles. The van der Waals surface area contributed by atoms with Crippen molar-refractivity contribution in [3.63, 3.8) is 0 Å². The summed E-state index contributed by atoms with van der Waals surface area (Å²) in [6, 6.07) is 7.21. The van der Waals surface area contributed by atoms with Crippen LogP contribution in [0.25, 0.3) is 5.65 Å². The summed E-state index contributed by atoms with van der Waals surface area (Å²) in [6.45, 7) is 1.04. The number of aromatic nitrogens is 2. The van der Waals surface area contributed by atoms with E-state index in [0.717, 1.165) is 23.7 Å². The first-order valence-corrected chi connectivity index (χ1v) is 7.02. The van der Waals surface area contributed by atoms with Crippen LogP contribution in [-0.4, -0.2) is 40.7 Å². The van der Waals surface area contributed by atoms with Gasteiger partial charge >= 0.3 is 0 Å². The molecule has 96 valence electrons. The van der Waals surface area contributed by atoms with Crippen LogP contribution in [0.2, 0.25) is 0 Å². The smallest absolute Gasteiger partial charge is 0.258 e. The molecule has 2 heterocycles. The highest BCUT2D eigenvalue weighted by Crippen LogP contribution is 2.09. The van der Waals surface area contributed by atoms with E-state index in [0.29, 0.717) is 5.65 Å². The van der Waals surface area contributed by atoms with Gasteiger partial charge in [-0.1, -0.05) is 6.07 Å². The Morgan fingerprint density at radius 2 is 2.22 bits per heavy atom. The second-order valence-corrected chi connectivity index (χ2v) is 5.48. The monoisotopic (exact) mass is 263 g/mol. The second kappa shape index (κ2) is 6.02. The van der Waals surface area contributed by atoms with Crippen molar-refractivity contribution in [2.75, 3.05) is 26.4 Å². The fraction of sp³-hybridized carbons (Fsp3) is 0.385. The molecule has 18 heavy (non-hydrogen) atoms. The predicted molar refractivity (Wildman–Crippen MR) is 76.2 cm³/mol. The molecule has 0 aromatic carbocycles. The summed E-state index contributed by atoms with van der Waals surface area (Å²) in [5.74, 6) is 1.83. The minimum absolute atomic E-state index is 0.0104. The SMILES string of the molecule is CN(C)CCSCc1cc(=O)n2ccccc2n1. The average Bonchev–Trinajstić information content (AvgIpc) is 2.35. The van der Waals surface area contributed by atoms with Gasteiger partial charge in [-0.2, -0.15) is 11.8 Å². The molecule has 0 aliphatic heterocycles. The van der Waals surface area contributed by atoms with Crippen LogP contribution < -0.4 is 5.56 Å². The van der Waals surface area contributed by atoms with Crippen molar-refractivity contribution >= 4 is 17.4 Å². The zero-order valence-electron chi connectivity index (χ0n) is 10.7. The van der Waals surface area contributed by atoms with Gasteiger partial charge in [-0.3, -0.25) is 9.20 Å². The molecule has 0 amide bonds. The molecular weight excluding hydrogens is 246 g/mol. The molecule has 0 unspecified atom stereocenters. The first-order valence-electron chi connectivity index (χ1n) is 5.86. The molecule has 2 aromatic rings. The van der Waals surface area contributed by atoms with Crippen molar-refractivity contribution in [2.24, 2.45) is 0 Å². The Kier molecular flexibility index (Phi) is 4.38. The lowest BCUT2D eigenvalue weighted by Gasteiger charge is -2.08. The maximum atomic E-state index is 11.8. The number of hydrogen-bond donors (Lipinski definition) is 0. The van der Waals surface area contributed by atoms with Crippen molar-refractivity contribution in [2.45, 2.75) is 5.75 Å². The van der Waals surface area contributed by atoms with Gasteiger partial charge < -0.3 is 4.90 Å². The van der Waals surface area contributed by atoms with Gasteiger partial charge in [-0.25, -0.2) is 4.98 Å². The molecule has 0 bridgehead atoms. The third-order valence-corrected chi connectivity index (χ3v) is 3.53. The summed E-state index contributed by atoms with van der Waals surface area (Å²) < 4.78 is 1.56. The highest BCUT2D eigenvalue weighted by molar-refractivity contribution is 7.98. The van der Waals surface area contributed by atoms with E-state index in [1.807, 2.05) is 18.2 Å². The van der Waals surface area contributed by atoms with E-state index in [1.165, 1.54) is 0 Å². The summed E-state index contributed by atoms with van der Waals surface area (Å²) in [6.07, 6.45) is 1.74. The van der Waals surface area contributed by atoms with Crippen molar-refractivity contribution in [1.29, 1.82) is 0 Å². The van der Waals surface area contributed by atoms with Crippen LogP contribution >= 0.6 is 11.8 Å². The molecule has 2 rings (SSSR count). The summed E-state index contributed by atoms with van der Waals surface area (Å²) in [5.41, 5.74) is 1.56. The molecule has 0 fully saturated rings. The van der Waals surface area contributed by atoms with E-state index < -0.39 is 0 Å². The van der Waals surface area contributed by atoms with Crippen molar-refractivity contribution in [3.8, 4) is 0 Å². The van der Waals surface area contributed by atoms with Crippen LogP contribution in [-0.2, 0) is 5.75 Å². The molecule has 0 aliphatic rings. The van der Waals surface area contributed by atoms with E-state index in [4.69, 9.17) is 0 Å². The van der Waals surface area contributed by atoms with Crippen LogP contribution in [0, 0.1) is 0 Å². The highest BCUT2D eigenvalue weighted by atomic mass is 32.2. The van der Waals surface area contributed by atoms with Crippen LogP contribution in [0.1, 0.15) is 5.69 Å². The van der Waals surface area contributed by atoms with E-state index >= 15 is 0 Å². The molecule has 0 saturated heterocycles. The van der Waals surface area contributed by atoms with Crippen LogP contribution in [0.15, 0.2) is 35.3 Å². The van der Waals surface area contributed by atoms with Crippen molar-refractivity contribution < 1.29 is 0 Å². The predicted octanol–water partition coefficient (Wildman–Crippen LogP) is 1.49. The van der Waals surface area contributed by atoms with E-state index in [1.54, 1.807) is 28.4 Å². The molecule has 0 radical (unpaired) electrons. The van der Waals surface area contributed by atoms with Crippen LogP contribution in [0.3, 0.4) is 0 Å². The topological polar surface area (TPSA) is 37.6 Å². The number of nitrogens with zero attached hydrogens (tertiary/aromatic N) is 3. The van der Waals surface area contributed by atoms with Gasteiger partial charge in [0.05, 0.1) is 5.69 Å². The minimum Gasteiger partial charge on any atom is -0.309 e. The summed E-state index contributed by atoms with van der Waals surface area (Å²) in [4.78, 5) is 18.5. The summed E-state index contributed by atoms with van der Waals surface area (Å²) >= 11 is 1.80. The minimum atomic E-state index is -0.0104. The van der Waals surface area contributed by atoms with E-state index in [2.05, 4.69) is 24.0 Å². The fourth-order valence-corrected chi connectivity index (χ4v) is 2.60. The fourth-order valence-electron chi connectivity index (χ4n) is 1.60. The Morgan fingerprint density at radius 3 is 3.00 bits per heavy atom. The lowest BCUT2D eigenvalue weighted by atomic mass is 10.4. The number of hydrogen-bond acceptors (Lipinski definition) is 4.